The number of amides is 1. The molecule has 2 fully saturated rings. The number of benzene rings is 2. The first-order valence-electron chi connectivity index (χ1n) is 14.9. The number of anilines is 1. The molecule has 2 aliphatic heterocycles. The van der Waals surface area contributed by atoms with Gasteiger partial charge in [-0.15, -0.1) is 0 Å². The highest BCUT2D eigenvalue weighted by atomic mass is 32.2. The van der Waals surface area contributed by atoms with Crippen LogP contribution in [0.5, 0.6) is 0 Å². The normalized spacial score (nSPS) is 31.9. The molecule has 0 aromatic heterocycles. The van der Waals surface area contributed by atoms with Crippen molar-refractivity contribution >= 4 is 21.8 Å². The fourth-order valence-corrected chi connectivity index (χ4v) is 5.82. The van der Waals surface area contributed by atoms with Crippen LogP contribution in [-0.4, -0.2) is 74.7 Å². The van der Waals surface area contributed by atoms with Crippen LogP contribution in [0.4, 0.5) is 10.5 Å². The molecule has 2 aromatic carbocycles. The monoisotopic (exact) mass is 552 g/mol. The van der Waals surface area contributed by atoms with Crippen molar-refractivity contribution < 1.29 is 39.4 Å². The lowest BCUT2D eigenvalue weighted by molar-refractivity contribution is -0.0907. The van der Waals surface area contributed by atoms with Crippen molar-refractivity contribution in [1.29, 1.82) is 0 Å². The number of hydrogen-bond donors (Lipinski definition) is 3. The molecule has 208 valence electrons. The number of sulfonamides is 1. The van der Waals surface area contributed by atoms with Crippen LogP contribution in [-0.2, 0) is 30.7 Å². The summed E-state index contributed by atoms with van der Waals surface area (Å²) in [4.78, 5) is 13.2. The van der Waals surface area contributed by atoms with Crippen molar-refractivity contribution in [3.8, 4) is 0 Å². The highest BCUT2D eigenvalue weighted by Crippen LogP contribution is 2.33. The summed E-state index contributed by atoms with van der Waals surface area (Å²) in [7, 11) is -4.09. The van der Waals surface area contributed by atoms with E-state index >= 15 is 0 Å². The molecular weight excluding hydrogens is 510 g/mol. The van der Waals surface area contributed by atoms with Crippen LogP contribution in [0.2, 0.25) is 0 Å². The number of rotatable bonds is 11. The van der Waals surface area contributed by atoms with Gasteiger partial charge in [-0.2, -0.15) is 4.31 Å². The van der Waals surface area contributed by atoms with Gasteiger partial charge in [-0.3, -0.25) is 0 Å². The molecule has 11 heteroatoms. The highest BCUT2D eigenvalue weighted by Gasteiger charge is 2.44. The first-order chi connectivity index (χ1) is 19.9. The smallest absolute Gasteiger partial charge is 0.407 e. The predicted octanol–water partition coefficient (Wildman–Crippen LogP) is 2.38. The van der Waals surface area contributed by atoms with E-state index in [-0.39, 0.29) is 36.8 Å². The van der Waals surface area contributed by atoms with Crippen molar-refractivity contribution in [3.63, 3.8) is 0 Å². The van der Waals surface area contributed by atoms with Crippen LogP contribution >= 0.6 is 0 Å². The van der Waals surface area contributed by atoms with Gasteiger partial charge < -0.3 is 30.4 Å². The number of aliphatic hydroxyl groups is 1. The average Bonchev–Trinajstić information content (AvgIpc) is 3.26. The Hall–Kier alpha value is -2.70. The van der Waals surface area contributed by atoms with Gasteiger partial charge in [-0.25, -0.2) is 13.2 Å². The maximum absolute atomic E-state index is 13.6. The van der Waals surface area contributed by atoms with E-state index in [1.165, 1.54) is 24.3 Å². The maximum atomic E-state index is 13.6. The fourth-order valence-electron chi connectivity index (χ4n) is 4.20. The molecule has 0 saturated carbocycles. The lowest BCUT2D eigenvalue weighted by Gasteiger charge is -2.31. The second kappa shape index (κ2) is 12.4. The molecule has 4 rings (SSSR count). The number of carbonyl (C=O) groups is 1. The second-order valence-corrected chi connectivity index (χ2v) is 11.5. The molecular formula is C27H37N3O7S. The topological polar surface area (TPSA) is 140 Å². The third kappa shape index (κ3) is 7.03. The molecule has 2 aliphatic rings. The van der Waals surface area contributed by atoms with Crippen molar-refractivity contribution in [1.82, 2.24) is 9.62 Å². The molecule has 4 N–H and O–H groups in total. The molecule has 1 amide bonds. The molecule has 0 aliphatic carbocycles. The number of nitrogen functional groups attached to an aromatic ring is 1. The number of hydrogen-bond acceptors (Lipinski definition) is 8. The minimum absolute atomic E-state index is 0.0143. The van der Waals surface area contributed by atoms with Crippen LogP contribution < -0.4 is 11.1 Å². The lowest BCUT2D eigenvalue weighted by Crippen LogP contribution is -2.51. The first-order valence-corrected chi connectivity index (χ1v) is 13.8. The Balaban J connectivity index is 1.60. The van der Waals surface area contributed by atoms with E-state index in [0.29, 0.717) is 11.3 Å². The van der Waals surface area contributed by atoms with E-state index in [2.05, 4.69) is 5.32 Å². The summed E-state index contributed by atoms with van der Waals surface area (Å²) in [5.74, 6) is -2.55. The van der Waals surface area contributed by atoms with E-state index in [1.54, 1.807) is 30.3 Å². The summed E-state index contributed by atoms with van der Waals surface area (Å²) in [5.41, 5.74) is 6.78. The molecule has 0 radical (unpaired) electrons. The summed E-state index contributed by atoms with van der Waals surface area (Å²) in [5, 5.41) is 13.8. The molecule has 5 atom stereocenters. The SMILES string of the molecule is [2H]C1([2H])O[C@@]2([2H])OCC[C@@]2([2H])[C@@]1([2H])OC(=O)N[C@@H](Cc1ccccc1)[C@H](O)CN(CC(C)C)S(=O)(=O)c1ccc(N)cc1. The van der Waals surface area contributed by atoms with Gasteiger partial charge in [0.05, 0.1) is 41.6 Å². The molecule has 2 saturated heterocycles. The summed E-state index contributed by atoms with van der Waals surface area (Å²) >= 11 is 0. The van der Waals surface area contributed by atoms with Crippen LogP contribution in [0.25, 0.3) is 0 Å². The molecule has 2 heterocycles. The second-order valence-electron chi connectivity index (χ2n) is 9.58. The van der Waals surface area contributed by atoms with Gasteiger partial charge in [0, 0.05) is 20.1 Å². The van der Waals surface area contributed by atoms with Gasteiger partial charge in [-0.1, -0.05) is 44.2 Å². The number of ether oxygens (including phenoxy) is 3. The van der Waals surface area contributed by atoms with Gasteiger partial charge in [0.2, 0.25) is 10.0 Å². The third-order valence-corrected chi connectivity index (χ3v) is 7.93. The summed E-state index contributed by atoms with van der Waals surface area (Å²) in [6.45, 7) is -0.00935. The van der Waals surface area contributed by atoms with Crippen molar-refractivity contribution in [2.75, 3.05) is 32.0 Å². The molecule has 2 aromatic rings. The Morgan fingerprint density at radius 1 is 1.21 bits per heavy atom. The Labute approximate surface area is 231 Å². The van der Waals surface area contributed by atoms with Crippen LogP contribution in [0.15, 0.2) is 59.5 Å². The number of nitrogens with two attached hydrogens (primary N) is 1. The quantitative estimate of drug-likeness (QED) is 0.361. The molecule has 0 spiro atoms. The largest absolute Gasteiger partial charge is 0.443 e. The van der Waals surface area contributed by atoms with Gasteiger partial charge in [0.1, 0.15) is 6.08 Å². The zero-order valence-corrected chi connectivity index (χ0v) is 22.1. The third-order valence-electron chi connectivity index (χ3n) is 6.08. The van der Waals surface area contributed by atoms with E-state index in [1.807, 2.05) is 13.8 Å². The number of aliphatic hydroxyl groups excluding tert-OH is 1. The predicted molar refractivity (Wildman–Crippen MR) is 142 cm³/mol. The zero-order chi connectivity index (χ0) is 31.8. The number of nitrogens with zero attached hydrogens (tertiary/aromatic N) is 1. The summed E-state index contributed by atoms with van der Waals surface area (Å²) < 4.78 is 85.4. The first kappa shape index (κ1) is 22.2. The minimum Gasteiger partial charge on any atom is -0.443 e. The van der Waals surface area contributed by atoms with Gasteiger partial charge in [0.25, 0.3) is 0 Å². The number of carbonyl (C=O) groups excluding carboxylic acids is 1. The van der Waals surface area contributed by atoms with Crippen LogP contribution in [0.3, 0.4) is 0 Å². The van der Waals surface area contributed by atoms with Gasteiger partial charge in [0.15, 0.2) is 6.27 Å². The van der Waals surface area contributed by atoms with Crippen molar-refractivity contribution in [2.45, 2.75) is 56.1 Å². The Morgan fingerprint density at radius 3 is 2.61 bits per heavy atom. The Morgan fingerprint density at radius 2 is 1.92 bits per heavy atom. The molecule has 38 heavy (non-hydrogen) atoms. The number of fused-ring (bicyclic) bond motifs is 1. The minimum atomic E-state index is -4.09. The van der Waals surface area contributed by atoms with Crippen molar-refractivity contribution in [2.24, 2.45) is 11.8 Å². The van der Waals surface area contributed by atoms with E-state index in [9.17, 15) is 18.3 Å². The Kier molecular flexibility index (Phi) is 7.25. The average molecular weight is 553 g/mol. The number of nitrogens with one attached hydrogen (secondary N) is 1. The highest BCUT2D eigenvalue weighted by molar-refractivity contribution is 7.89. The van der Waals surface area contributed by atoms with E-state index in [4.69, 9.17) is 26.8 Å². The van der Waals surface area contributed by atoms with Crippen molar-refractivity contribution in [3.05, 3.63) is 60.2 Å². The maximum Gasteiger partial charge on any atom is 0.407 e. The van der Waals surface area contributed by atoms with Gasteiger partial charge in [-0.05, 0) is 48.6 Å². The summed E-state index contributed by atoms with van der Waals surface area (Å²) in [6.07, 6.45) is -8.73. The summed E-state index contributed by atoms with van der Waals surface area (Å²) in [6, 6.07) is 13.2. The fraction of sp³-hybridized carbons (Fsp3) is 0.519. The van der Waals surface area contributed by atoms with E-state index in [0.717, 1.165) is 4.31 Å². The zero-order valence-electron chi connectivity index (χ0n) is 26.3. The Bertz CT molecular complexity index is 1410. The standard InChI is InChI=1S/C27H37N3O7S/c1-18(2)15-30(38(33,34)21-10-8-20(28)9-11-21)16-24(31)23(14-19-6-4-3-5-7-19)29-27(32)37-25-17-36-26-22(25)12-13-35-26/h3-11,18,22-26,31H,12-17,28H2,1-2H3,(H,29,32)/t22-,23-,24+,25-,26+/m0/s1/i17D2,22D,25D,26D. The molecule has 0 bridgehead atoms. The van der Waals surface area contributed by atoms with E-state index < -0.39 is 59.6 Å². The van der Waals surface area contributed by atoms with Crippen LogP contribution in [0, 0.1) is 11.8 Å². The lowest BCUT2D eigenvalue weighted by atomic mass is 10.0. The van der Waals surface area contributed by atoms with Crippen LogP contribution in [0.1, 0.15) is 32.7 Å². The number of alkyl carbamates (subject to hydrolysis) is 1. The van der Waals surface area contributed by atoms with Gasteiger partial charge >= 0.3 is 6.09 Å². The molecule has 10 nitrogen and oxygen atoms in total. The molecule has 0 unspecified atom stereocenters.